The number of para-hydroxylation sites is 2. The predicted octanol–water partition coefficient (Wildman–Crippen LogP) is 3.48. The van der Waals surface area contributed by atoms with Gasteiger partial charge in [0.05, 0.1) is 16.9 Å². The van der Waals surface area contributed by atoms with Crippen molar-refractivity contribution in [1.82, 2.24) is 0 Å². The molecule has 0 spiro atoms. The summed E-state index contributed by atoms with van der Waals surface area (Å²) in [4.78, 5) is 48.3. The molecule has 0 radical (unpaired) electrons. The smallest absolute Gasteiger partial charge is 0.336 e. The molecule has 0 aliphatic rings. The summed E-state index contributed by atoms with van der Waals surface area (Å²) in [6.07, 6.45) is 0.935. The Morgan fingerprint density at radius 2 is 1.48 bits per heavy atom. The van der Waals surface area contributed by atoms with Gasteiger partial charge >= 0.3 is 11.9 Å². The van der Waals surface area contributed by atoms with E-state index in [0.717, 1.165) is 6.08 Å². The van der Waals surface area contributed by atoms with Crippen molar-refractivity contribution in [3.63, 3.8) is 0 Å². The van der Waals surface area contributed by atoms with Crippen molar-refractivity contribution in [3.8, 4) is 0 Å². The lowest BCUT2D eigenvalue weighted by Crippen LogP contribution is -2.38. The SMILES string of the molecule is C[C@@H](C(=O)Nc1ccccc1C(=CC(=O)Nc1ccccc1)C(=O)O)C(C)(C)C(=O)O. The van der Waals surface area contributed by atoms with Crippen LogP contribution in [0.15, 0.2) is 60.7 Å². The van der Waals surface area contributed by atoms with Crippen molar-refractivity contribution >= 4 is 40.7 Å². The van der Waals surface area contributed by atoms with Crippen LogP contribution in [0.5, 0.6) is 0 Å². The van der Waals surface area contributed by atoms with Crippen molar-refractivity contribution < 1.29 is 29.4 Å². The molecule has 0 aromatic heterocycles. The molecule has 8 nitrogen and oxygen atoms in total. The van der Waals surface area contributed by atoms with E-state index in [9.17, 15) is 29.4 Å². The summed E-state index contributed by atoms with van der Waals surface area (Å²) in [5.41, 5.74) is -0.886. The monoisotopic (exact) mass is 424 g/mol. The Morgan fingerprint density at radius 1 is 0.903 bits per heavy atom. The predicted molar refractivity (Wildman–Crippen MR) is 116 cm³/mol. The first-order valence-electron chi connectivity index (χ1n) is 9.48. The first kappa shape index (κ1) is 23.3. The van der Waals surface area contributed by atoms with E-state index in [1.165, 1.54) is 32.9 Å². The number of amides is 2. The highest BCUT2D eigenvalue weighted by atomic mass is 16.4. The molecule has 162 valence electrons. The second kappa shape index (κ2) is 9.71. The molecule has 2 aromatic rings. The maximum Gasteiger partial charge on any atom is 0.336 e. The number of carboxylic acid groups (broad SMARTS) is 2. The van der Waals surface area contributed by atoms with Crippen LogP contribution in [-0.4, -0.2) is 34.0 Å². The van der Waals surface area contributed by atoms with E-state index in [-0.39, 0.29) is 16.8 Å². The molecule has 0 bridgehead atoms. The van der Waals surface area contributed by atoms with Crippen molar-refractivity contribution in [2.24, 2.45) is 11.3 Å². The van der Waals surface area contributed by atoms with Gasteiger partial charge in [-0.25, -0.2) is 4.79 Å². The van der Waals surface area contributed by atoms with Crippen LogP contribution < -0.4 is 10.6 Å². The van der Waals surface area contributed by atoms with E-state index in [4.69, 9.17) is 0 Å². The molecule has 2 aromatic carbocycles. The Morgan fingerprint density at radius 3 is 2.06 bits per heavy atom. The molecule has 4 N–H and O–H groups in total. The van der Waals surface area contributed by atoms with E-state index >= 15 is 0 Å². The van der Waals surface area contributed by atoms with Gasteiger partial charge < -0.3 is 20.8 Å². The fourth-order valence-electron chi connectivity index (χ4n) is 2.67. The Hall–Kier alpha value is -3.94. The fourth-order valence-corrected chi connectivity index (χ4v) is 2.67. The molecule has 31 heavy (non-hydrogen) atoms. The standard InChI is InChI=1S/C23H24N2O6/c1-14(23(2,3)22(30)31)20(27)25-18-12-8-7-11-16(18)17(21(28)29)13-19(26)24-15-9-5-4-6-10-15/h4-14H,1-3H3,(H,24,26)(H,25,27)(H,28,29)(H,30,31)/t14-/m0/s1. The van der Waals surface area contributed by atoms with Gasteiger partial charge in [0.25, 0.3) is 0 Å². The number of hydrogen-bond donors (Lipinski definition) is 4. The third-order valence-electron chi connectivity index (χ3n) is 5.05. The highest BCUT2D eigenvalue weighted by Crippen LogP contribution is 2.30. The first-order valence-corrected chi connectivity index (χ1v) is 9.48. The Bertz CT molecular complexity index is 1030. The second-order valence-electron chi connectivity index (χ2n) is 7.50. The van der Waals surface area contributed by atoms with Crippen LogP contribution in [-0.2, 0) is 19.2 Å². The molecular formula is C23H24N2O6. The molecule has 2 rings (SSSR count). The Kier molecular flexibility index (Phi) is 7.31. The van der Waals surface area contributed by atoms with Crippen LogP contribution in [0.2, 0.25) is 0 Å². The zero-order valence-electron chi connectivity index (χ0n) is 17.4. The number of hydrogen-bond acceptors (Lipinski definition) is 4. The number of benzene rings is 2. The third kappa shape index (κ3) is 5.79. The maximum atomic E-state index is 12.7. The molecule has 0 saturated carbocycles. The lowest BCUT2D eigenvalue weighted by Gasteiger charge is -2.26. The van der Waals surface area contributed by atoms with Crippen LogP contribution in [0, 0.1) is 11.3 Å². The maximum absolute atomic E-state index is 12.7. The van der Waals surface area contributed by atoms with Crippen LogP contribution in [0.4, 0.5) is 11.4 Å². The summed E-state index contributed by atoms with van der Waals surface area (Å²) in [6.45, 7) is 4.34. The molecule has 8 heteroatoms. The molecular weight excluding hydrogens is 400 g/mol. The van der Waals surface area contributed by atoms with Crippen molar-refractivity contribution in [3.05, 3.63) is 66.2 Å². The minimum absolute atomic E-state index is 0.117. The minimum Gasteiger partial charge on any atom is -0.481 e. The second-order valence-corrected chi connectivity index (χ2v) is 7.50. The summed E-state index contributed by atoms with van der Waals surface area (Å²) < 4.78 is 0. The van der Waals surface area contributed by atoms with Crippen LogP contribution >= 0.6 is 0 Å². The van der Waals surface area contributed by atoms with E-state index in [0.29, 0.717) is 5.69 Å². The van der Waals surface area contributed by atoms with Gasteiger partial charge in [-0.1, -0.05) is 43.3 Å². The largest absolute Gasteiger partial charge is 0.481 e. The molecule has 0 heterocycles. The average molecular weight is 424 g/mol. The molecule has 0 saturated heterocycles. The number of nitrogens with one attached hydrogen (secondary N) is 2. The average Bonchev–Trinajstić information content (AvgIpc) is 2.72. The van der Waals surface area contributed by atoms with E-state index in [1.54, 1.807) is 42.5 Å². The number of aliphatic carboxylic acids is 2. The van der Waals surface area contributed by atoms with Gasteiger partial charge in [0.2, 0.25) is 11.8 Å². The van der Waals surface area contributed by atoms with E-state index in [2.05, 4.69) is 10.6 Å². The fraction of sp³-hybridized carbons (Fsp3) is 0.217. The zero-order chi connectivity index (χ0) is 23.2. The van der Waals surface area contributed by atoms with Gasteiger partial charge in [-0.2, -0.15) is 0 Å². The lowest BCUT2D eigenvalue weighted by atomic mass is 9.79. The number of carbonyl (C=O) groups excluding carboxylic acids is 2. The molecule has 0 fully saturated rings. The number of carbonyl (C=O) groups is 4. The van der Waals surface area contributed by atoms with Gasteiger partial charge in [0.15, 0.2) is 0 Å². The van der Waals surface area contributed by atoms with Crippen LogP contribution in [0.3, 0.4) is 0 Å². The number of rotatable bonds is 8. The summed E-state index contributed by atoms with van der Waals surface area (Å²) in [6, 6.07) is 14.6. The van der Waals surface area contributed by atoms with E-state index in [1.807, 2.05) is 0 Å². The van der Waals surface area contributed by atoms with Gasteiger partial charge in [0.1, 0.15) is 0 Å². The molecule has 0 unspecified atom stereocenters. The Labute approximate surface area is 179 Å². The third-order valence-corrected chi connectivity index (χ3v) is 5.05. The normalized spacial score (nSPS) is 12.5. The minimum atomic E-state index is -1.36. The topological polar surface area (TPSA) is 133 Å². The van der Waals surface area contributed by atoms with Crippen molar-refractivity contribution in [2.75, 3.05) is 10.6 Å². The highest BCUT2D eigenvalue weighted by Gasteiger charge is 2.38. The summed E-state index contributed by atoms with van der Waals surface area (Å²) in [5.74, 6) is -4.63. The lowest BCUT2D eigenvalue weighted by molar-refractivity contribution is -0.152. The Balaban J connectivity index is 2.34. The van der Waals surface area contributed by atoms with E-state index < -0.39 is 35.1 Å². The van der Waals surface area contributed by atoms with Gasteiger partial charge in [-0.3, -0.25) is 14.4 Å². The number of anilines is 2. The van der Waals surface area contributed by atoms with Crippen molar-refractivity contribution in [1.29, 1.82) is 0 Å². The van der Waals surface area contributed by atoms with Crippen molar-refractivity contribution in [2.45, 2.75) is 20.8 Å². The first-order chi connectivity index (χ1) is 14.5. The highest BCUT2D eigenvalue weighted by molar-refractivity contribution is 6.23. The van der Waals surface area contributed by atoms with Gasteiger partial charge in [-0.15, -0.1) is 0 Å². The quantitative estimate of drug-likeness (QED) is 0.480. The molecule has 0 aliphatic heterocycles. The van der Waals surface area contributed by atoms with Crippen LogP contribution in [0.25, 0.3) is 5.57 Å². The molecule has 0 aliphatic carbocycles. The summed E-state index contributed by atoms with van der Waals surface area (Å²) >= 11 is 0. The summed E-state index contributed by atoms with van der Waals surface area (Å²) in [5, 5.41) is 24.2. The molecule has 2 amide bonds. The molecule has 1 atom stereocenters. The number of carboxylic acids is 2. The summed E-state index contributed by atoms with van der Waals surface area (Å²) in [7, 11) is 0. The zero-order valence-corrected chi connectivity index (χ0v) is 17.4. The van der Waals surface area contributed by atoms with Gasteiger partial charge in [0, 0.05) is 23.0 Å². The van der Waals surface area contributed by atoms with Gasteiger partial charge in [-0.05, 0) is 32.0 Å². The van der Waals surface area contributed by atoms with Crippen LogP contribution in [0.1, 0.15) is 26.3 Å².